The summed E-state index contributed by atoms with van der Waals surface area (Å²) in [6, 6.07) is 0. The first-order valence-electron chi connectivity index (χ1n) is 5.22. The molecule has 0 spiro atoms. The molecule has 1 heterocycles. The van der Waals surface area contributed by atoms with Gasteiger partial charge in [0.2, 0.25) is 0 Å². The molecule has 0 saturated carbocycles. The number of hydrogen-bond acceptors (Lipinski definition) is 2. The Morgan fingerprint density at radius 1 is 1.21 bits per heavy atom. The average molecular weight is 186 g/mol. The first kappa shape index (κ1) is 8.06. The van der Waals surface area contributed by atoms with Crippen LogP contribution in [0.15, 0.2) is 47.2 Å². The Kier molecular flexibility index (Phi) is 1.81. The SMILES string of the molecule is C1=CC=C2CCC3CNNC3=C2C=C1. The van der Waals surface area contributed by atoms with Crippen LogP contribution in [-0.2, 0) is 0 Å². The van der Waals surface area contributed by atoms with E-state index in [4.69, 9.17) is 0 Å². The first-order valence-corrected chi connectivity index (χ1v) is 5.22. The molecule has 2 N–H and O–H groups in total. The summed E-state index contributed by atoms with van der Waals surface area (Å²) in [6.07, 6.45) is 13.3. The van der Waals surface area contributed by atoms with Gasteiger partial charge < -0.3 is 5.43 Å². The maximum atomic E-state index is 3.30. The number of hydrogen-bond donors (Lipinski definition) is 2. The third-order valence-electron chi connectivity index (χ3n) is 3.16. The zero-order valence-corrected chi connectivity index (χ0v) is 8.09. The third kappa shape index (κ3) is 1.15. The van der Waals surface area contributed by atoms with Gasteiger partial charge in [0.05, 0.1) is 0 Å². The highest BCUT2D eigenvalue weighted by molar-refractivity contribution is 5.50. The van der Waals surface area contributed by atoms with Crippen LogP contribution in [0.25, 0.3) is 0 Å². The van der Waals surface area contributed by atoms with Gasteiger partial charge in [0.25, 0.3) is 0 Å². The summed E-state index contributed by atoms with van der Waals surface area (Å²) in [4.78, 5) is 0. The van der Waals surface area contributed by atoms with Crippen molar-refractivity contribution in [3.8, 4) is 0 Å². The van der Waals surface area contributed by atoms with E-state index in [2.05, 4.69) is 41.2 Å². The van der Waals surface area contributed by atoms with E-state index in [1.54, 1.807) is 0 Å². The minimum absolute atomic E-state index is 0.699. The molecule has 1 atom stereocenters. The molecular formula is C12H14N2. The molecule has 0 bridgehead atoms. The highest BCUT2D eigenvalue weighted by Gasteiger charge is 2.28. The molecule has 0 amide bonds. The second kappa shape index (κ2) is 3.14. The minimum atomic E-state index is 0.699. The van der Waals surface area contributed by atoms with Crippen LogP contribution in [0.2, 0.25) is 0 Å². The van der Waals surface area contributed by atoms with Crippen LogP contribution in [-0.4, -0.2) is 6.54 Å². The molecule has 3 aliphatic rings. The van der Waals surface area contributed by atoms with Crippen LogP contribution < -0.4 is 10.9 Å². The van der Waals surface area contributed by atoms with Crippen LogP contribution in [0.4, 0.5) is 0 Å². The van der Waals surface area contributed by atoms with Gasteiger partial charge in [-0.2, -0.15) is 0 Å². The quantitative estimate of drug-likeness (QED) is 0.603. The molecule has 1 unspecified atom stereocenters. The monoisotopic (exact) mass is 186 g/mol. The molecule has 0 aromatic rings. The Morgan fingerprint density at radius 2 is 2.21 bits per heavy atom. The topological polar surface area (TPSA) is 24.1 Å². The zero-order chi connectivity index (χ0) is 9.38. The molecular weight excluding hydrogens is 172 g/mol. The second-order valence-electron chi connectivity index (χ2n) is 4.00. The smallest absolute Gasteiger partial charge is 0.0381 e. The summed E-state index contributed by atoms with van der Waals surface area (Å²) in [7, 11) is 0. The molecule has 1 saturated heterocycles. The zero-order valence-electron chi connectivity index (χ0n) is 8.09. The fraction of sp³-hybridized carbons (Fsp3) is 0.333. The normalized spacial score (nSPS) is 29.1. The Morgan fingerprint density at radius 3 is 3.21 bits per heavy atom. The lowest BCUT2D eigenvalue weighted by Crippen LogP contribution is -2.21. The summed E-state index contributed by atoms with van der Waals surface area (Å²) in [6.45, 7) is 1.08. The predicted molar refractivity (Wildman–Crippen MR) is 57.3 cm³/mol. The van der Waals surface area contributed by atoms with Gasteiger partial charge >= 0.3 is 0 Å². The van der Waals surface area contributed by atoms with Gasteiger partial charge in [0, 0.05) is 18.2 Å². The van der Waals surface area contributed by atoms with E-state index in [0.29, 0.717) is 5.92 Å². The van der Waals surface area contributed by atoms with Gasteiger partial charge in [-0.15, -0.1) is 0 Å². The molecule has 2 heteroatoms. The van der Waals surface area contributed by atoms with Crippen LogP contribution in [0.1, 0.15) is 12.8 Å². The maximum Gasteiger partial charge on any atom is 0.0381 e. The fourth-order valence-corrected chi connectivity index (χ4v) is 2.40. The summed E-state index contributed by atoms with van der Waals surface area (Å²) >= 11 is 0. The molecule has 2 aliphatic carbocycles. The van der Waals surface area contributed by atoms with Crippen molar-refractivity contribution < 1.29 is 0 Å². The van der Waals surface area contributed by atoms with Gasteiger partial charge in [-0.3, -0.25) is 0 Å². The number of hydrazine groups is 1. The van der Waals surface area contributed by atoms with Gasteiger partial charge in [0.1, 0.15) is 0 Å². The van der Waals surface area contributed by atoms with Gasteiger partial charge in [-0.1, -0.05) is 30.4 Å². The van der Waals surface area contributed by atoms with Crippen molar-refractivity contribution in [2.45, 2.75) is 12.8 Å². The van der Waals surface area contributed by atoms with E-state index in [-0.39, 0.29) is 0 Å². The van der Waals surface area contributed by atoms with Crippen LogP contribution >= 0.6 is 0 Å². The number of fused-ring (bicyclic) bond motifs is 2. The predicted octanol–water partition coefficient (Wildman–Crippen LogP) is 1.81. The van der Waals surface area contributed by atoms with E-state index in [9.17, 15) is 0 Å². The highest BCUT2D eigenvalue weighted by atomic mass is 15.4. The van der Waals surface area contributed by atoms with Gasteiger partial charge in [-0.25, -0.2) is 5.43 Å². The van der Waals surface area contributed by atoms with E-state index in [0.717, 1.165) is 6.54 Å². The van der Waals surface area contributed by atoms with E-state index in [1.807, 2.05) is 0 Å². The summed E-state index contributed by atoms with van der Waals surface area (Å²) < 4.78 is 0. The first-order chi connectivity index (χ1) is 6.95. The second-order valence-corrected chi connectivity index (χ2v) is 4.00. The molecule has 3 rings (SSSR count). The highest BCUT2D eigenvalue weighted by Crippen LogP contribution is 2.35. The van der Waals surface area contributed by atoms with E-state index >= 15 is 0 Å². The Hall–Kier alpha value is -1.28. The Balaban J connectivity index is 2.11. The lowest BCUT2D eigenvalue weighted by Gasteiger charge is -2.22. The van der Waals surface area contributed by atoms with E-state index in [1.165, 1.54) is 29.7 Å². The van der Waals surface area contributed by atoms with Crippen molar-refractivity contribution in [2.24, 2.45) is 5.92 Å². The molecule has 0 aromatic heterocycles. The number of nitrogens with one attached hydrogen (secondary N) is 2. The van der Waals surface area contributed by atoms with E-state index < -0.39 is 0 Å². The van der Waals surface area contributed by atoms with Crippen molar-refractivity contribution in [3.63, 3.8) is 0 Å². The molecule has 2 nitrogen and oxygen atoms in total. The lowest BCUT2D eigenvalue weighted by molar-refractivity contribution is 0.578. The molecule has 0 radical (unpaired) electrons. The molecule has 14 heavy (non-hydrogen) atoms. The maximum absolute atomic E-state index is 3.30. The number of allylic oxidation sites excluding steroid dienone is 7. The van der Waals surface area contributed by atoms with Gasteiger partial charge in [-0.05, 0) is 24.0 Å². The summed E-state index contributed by atoms with van der Waals surface area (Å²) in [5, 5.41) is 0. The van der Waals surface area contributed by atoms with Crippen LogP contribution in [0, 0.1) is 5.92 Å². The van der Waals surface area contributed by atoms with Crippen molar-refractivity contribution in [1.82, 2.24) is 10.9 Å². The van der Waals surface area contributed by atoms with Crippen LogP contribution in [0.3, 0.4) is 0 Å². The largest absolute Gasteiger partial charge is 0.325 e. The third-order valence-corrected chi connectivity index (χ3v) is 3.16. The molecule has 1 aliphatic heterocycles. The molecule has 72 valence electrons. The van der Waals surface area contributed by atoms with Crippen molar-refractivity contribution >= 4 is 0 Å². The average Bonchev–Trinajstić information content (AvgIpc) is 2.55. The molecule has 0 aromatic carbocycles. The van der Waals surface area contributed by atoms with Crippen LogP contribution in [0.5, 0.6) is 0 Å². The summed E-state index contributed by atoms with van der Waals surface area (Å²) in [5.41, 5.74) is 10.8. The Labute approximate surface area is 84.0 Å². The lowest BCUT2D eigenvalue weighted by atomic mass is 9.84. The fourth-order valence-electron chi connectivity index (χ4n) is 2.40. The minimum Gasteiger partial charge on any atom is -0.325 e. The van der Waals surface area contributed by atoms with Crippen molar-refractivity contribution in [3.05, 3.63) is 47.2 Å². The number of rotatable bonds is 0. The standard InChI is InChI=1S/C12H14N2/c1-2-4-9-6-7-10-8-13-14-12(10)11(9)5-3-1/h1-5,10,13-14H,6-8H2. The summed E-state index contributed by atoms with van der Waals surface area (Å²) in [5.74, 6) is 0.699. The molecule has 1 fully saturated rings. The Bertz CT molecular complexity index is 372. The van der Waals surface area contributed by atoms with Crippen molar-refractivity contribution in [1.29, 1.82) is 0 Å². The van der Waals surface area contributed by atoms with Gasteiger partial charge in [0.15, 0.2) is 0 Å². The van der Waals surface area contributed by atoms with Crippen molar-refractivity contribution in [2.75, 3.05) is 6.54 Å².